The van der Waals surface area contributed by atoms with Crippen LogP contribution in [0.1, 0.15) is 49.6 Å². The van der Waals surface area contributed by atoms with E-state index in [0.29, 0.717) is 0 Å². The molecule has 1 atom stereocenters. The minimum atomic E-state index is 0.259. The normalized spacial score (nSPS) is 12.8. The summed E-state index contributed by atoms with van der Waals surface area (Å²) in [4.78, 5) is 5.74. The van der Waals surface area contributed by atoms with Crippen molar-refractivity contribution in [3.05, 3.63) is 28.8 Å². The second kappa shape index (κ2) is 7.50. The molecule has 2 aromatic rings. The molecular weight excluding hydrogens is 270 g/mol. The summed E-state index contributed by atoms with van der Waals surface area (Å²) in [5, 5.41) is 7.83. The van der Waals surface area contributed by atoms with Crippen LogP contribution in [-0.2, 0) is 19.4 Å². The zero-order valence-corrected chi connectivity index (χ0v) is 13.3. The van der Waals surface area contributed by atoms with Crippen molar-refractivity contribution in [1.82, 2.24) is 24.5 Å². The zero-order chi connectivity index (χ0) is 14.4. The lowest BCUT2D eigenvalue weighted by Crippen LogP contribution is -2.24. The highest BCUT2D eigenvalue weighted by Gasteiger charge is 2.20. The molecule has 0 saturated heterocycles. The smallest absolute Gasteiger partial charge is 0.110 e. The van der Waals surface area contributed by atoms with Crippen LogP contribution in [0.15, 0.2) is 12.4 Å². The molecule has 0 fully saturated rings. The summed E-state index contributed by atoms with van der Waals surface area (Å²) in [5.74, 6) is 1.12. The highest BCUT2D eigenvalue weighted by molar-refractivity contribution is 7.05. The van der Waals surface area contributed by atoms with Crippen molar-refractivity contribution in [3.8, 4) is 0 Å². The van der Waals surface area contributed by atoms with Gasteiger partial charge in [0.05, 0.1) is 16.6 Å². The van der Waals surface area contributed by atoms with E-state index in [-0.39, 0.29) is 6.04 Å². The molecular formula is C14H23N5S. The molecule has 0 saturated carbocycles. The van der Waals surface area contributed by atoms with Gasteiger partial charge >= 0.3 is 0 Å². The van der Waals surface area contributed by atoms with Gasteiger partial charge in [0, 0.05) is 25.4 Å². The Morgan fingerprint density at radius 3 is 2.90 bits per heavy atom. The maximum atomic E-state index is 4.48. The third-order valence-corrected chi connectivity index (χ3v) is 4.25. The molecule has 0 spiro atoms. The Hall–Kier alpha value is -1.27. The van der Waals surface area contributed by atoms with Gasteiger partial charge in [0.25, 0.3) is 0 Å². The molecule has 110 valence electrons. The van der Waals surface area contributed by atoms with Gasteiger partial charge in [-0.2, -0.15) is 0 Å². The summed E-state index contributed by atoms with van der Waals surface area (Å²) < 4.78 is 6.33. The van der Waals surface area contributed by atoms with E-state index in [1.165, 1.54) is 16.4 Å². The number of nitrogens with one attached hydrogen (secondary N) is 1. The van der Waals surface area contributed by atoms with Crippen LogP contribution in [0.3, 0.4) is 0 Å². The van der Waals surface area contributed by atoms with Crippen LogP contribution in [0.2, 0.25) is 0 Å². The SMILES string of the molecule is CCCc1nnsc1C(Cc1nccn1CC)NCC. The van der Waals surface area contributed by atoms with Gasteiger partial charge < -0.3 is 9.88 Å². The highest BCUT2D eigenvalue weighted by Crippen LogP contribution is 2.24. The third kappa shape index (κ3) is 3.43. The highest BCUT2D eigenvalue weighted by atomic mass is 32.1. The van der Waals surface area contributed by atoms with E-state index < -0.39 is 0 Å². The van der Waals surface area contributed by atoms with Gasteiger partial charge in [0.15, 0.2) is 0 Å². The topological polar surface area (TPSA) is 55.6 Å². The first-order valence-corrected chi connectivity index (χ1v) is 8.11. The zero-order valence-electron chi connectivity index (χ0n) is 12.5. The molecule has 2 rings (SSSR count). The van der Waals surface area contributed by atoms with Gasteiger partial charge in [-0.15, -0.1) is 5.10 Å². The number of nitrogens with zero attached hydrogens (tertiary/aromatic N) is 4. The lowest BCUT2D eigenvalue weighted by Gasteiger charge is -2.17. The van der Waals surface area contributed by atoms with Crippen molar-refractivity contribution >= 4 is 11.5 Å². The van der Waals surface area contributed by atoms with Crippen LogP contribution in [0.25, 0.3) is 0 Å². The monoisotopic (exact) mass is 293 g/mol. The molecule has 1 unspecified atom stereocenters. The van der Waals surface area contributed by atoms with E-state index in [2.05, 4.69) is 45.2 Å². The molecule has 2 heterocycles. The van der Waals surface area contributed by atoms with Crippen molar-refractivity contribution < 1.29 is 0 Å². The van der Waals surface area contributed by atoms with Crippen LogP contribution in [-0.4, -0.2) is 25.7 Å². The number of likely N-dealkylation sites (N-methyl/N-ethyl adjacent to an activating group) is 1. The number of hydrogen-bond donors (Lipinski definition) is 1. The van der Waals surface area contributed by atoms with Crippen LogP contribution < -0.4 is 5.32 Å². The van der Waals surface area contributed by atoms with E-state index in [1.807, 2.05) is 12.4 Å². The molecule has 1 N–H and O–H groups in total. The molecule has 20 heavy (non-hydrogen) atoms. The maximum absolute atomic E-state index is 4.48. The minimum absolute atomic E-state index is 0.259. The fraction of sp³-hybridized carbons (Fsp3) is 0.643. The van der Waals surface area contributed by atoms with Crippen LogP contribution >= 0.6 is 11.5 Å². The van der Waals surface area contributed by atoms with E-state index in [9.17, 15) is 0 Å². The molecule has 0 amide bonds. The number of imidazole rings is 1. The molecule has 6 heteroatoms. The van der Waals surface area contributed by atoms with Gasteiger partial charge in [-0.25, -0.2) is 4.98 Å². The van der Waals surface area contributed by atoms with E-state index >= 15 is 0 Å². The minimum Gasteiger partial charge on any atom is -0.335 e. The van der Waals surface area contributed by atoms with Gasteiger partial charge in [-0.1, -0.05) is 24.8 Å². The average Bonchev–Trinajstić information content (AvgIpc) is 3.07. The van der Waals surface area contributed by atoms with E-state index in [0.717, 1.165) is 43.9 Å². The van der Waals surface area contributed by atoms with Crippen LogP contribution in [0.5, 0.6) is 0 Å². The summed E-state index contributed by atoms with van der Waals surface area (Å²) in [5.41, 5.74) is 1.14. The first kappa shape index (κ1) is 15.1. The van der Waals surface area contributed by atoms with E-state index in [1.54, 1.807) is 0 Å². The molecule has 0 radical (unpaired) electrons. The molecule has 0 aliphatic heterocycles. The standard InChI is InChI=1S/C14H23N5S/c1-4-7-11-14(20-18-17-11)12(15-5-2)10-13-16-8-9-19(13)6-3/h8-9,12,15H,4-7,10H2,1-3H3. The van der Waals surface area contributed by atoms with Crippen LogP contribution in [0.4, 0.5) is 0 Å². The number of hydrogen-bond acceptors (Lipinski definition) is 5. The Bertz CT molecular complexity index is 519. The molecule has 2 aromatic heterocycles. The predicted octanol–water partition coefficient (Wildman–Crippen LogP) is 2.60. The Labute approximate surface area is 124 Å². The van der Waals surface area contributed by atoms with Gasteiger partial charge in [0.2, 0.25) is 0 Å². The lowest BCUT2D eigenvalue weighted by atomic mass is 10.1. The second-order valence-corrected chi connectivity index (χ2v) is 5.56. The molecule has 0 bridgehead atoms. The summed E-state index contributed by atoms with van der Waals surface area (Å²) in [6.45, 7) is 8.34. The lowest BCUT2D eigenvalue weighted by molar-refractivity contribution is 0.524. The second-order valence-electron chi connectivity index (χ2n) is 4.78. The van der Waals surface area contributed by atoms with Gasteiger partial charge in [-0.05, 0) is 31.4 Å². The molecule has 5 nitrogen and oxygen atoms in total. The van der Waals surface area contributed by atoms with Crippen molar-refractivity contribution in [2.75, 3.05) is 6.54 Å². The molecule has 0 aromatic carbocycles. The van der Waals surface area contributed by atoms with Gasteiger partial charge in [-0.3, -0.25) is 0 Å². The Morgan fingerprint density at radius 2 is 2.20 bits per heavy atom. The first-order chi connectivity index (χ1) is 9.80. The Balaban J connectivity index is 2.20. The number of rotatable bonds is 8. The molecule has 0 aliphatic carbocycles. The summed E-state index contributed by atoms with van der Waals surface area (Å²) in [7, 11) is 0. The summed E-state index contributed by atoms with van der Waals surface area (Å²) in [6.07, 6.45) is 6.89. The largest absolute Gasteiger partial charge is 0.335 e. The maximum Gasteiger partial charge on any atom is 0.110 e. The fourth-order valence-electron chi connectivity index (χ4n) is 2.39. The van der Waals surface area contributed by atoms with Crippen molar-refractivity contribution in [1.29, 1.82) is 0 Å². The third-order valence-electron chi connectivity index (χ3n) is 3.37. The fourth-order valence-corrected chi connectivity index (χ4v) is 3.16. The quantitative estimate of drug-likeness (QED) is 0.813. The average molecular weight is 293 g/mol. The van der Waals surface area contributed by atoms with Gasteiger partial charge in [0.1, 0.15) is 5.82 Å². The Morgan fingerprint density at radius 1 is 1.35 bits per heavy atom. The predicted molar refractivity (Wildman–Crippen MR) is 81.9 cm³/mol. The Kier molecular flexibility index (Phi) is 5.67. The molecule has 0 aliphatic rings. The number of aryl methyl sites for hydroxylation is 2. The number of aromatic nitrogens is 4. The van der Waals surface area contributed by atoms with Crippen molar-refractivity contribution in [2.24, 2.45) is 0 Å². The summed E-state index contributed by atoms with van der Waals surface area (Å²) >= 11 is 1.51. The summed E-state index contributed by atoms with van der Waals surface area (Å²) in [6, 6.07) is 0.259. The van der Waals surface area contributed by atoms with E-state index in [4.69, 9.17) is 0 Å². The van der Waals surface area contributed by atoms with Crippen molar-refractivity contribution in [3.63, 3.8) is 0 Å². The van der Waals surface area contributed by atoms with Crippen LogP contribution in [0, 0.1) is 0 Å². The van der Waals surface area contributed by atoms with Crippen molar-refractivity contribution in [2.45, 2.75) is 52.6 Å². The first-order valence-electron chi connectivity index (χ1n) is 7.34.